The van der Waals surface area contributed by atoms with E-state index in [-0.39, 0.29) is 5.91 Å². The monoisotopic (exact) mass is 327 g/mol. The Balaban J connectivity index is 1.98. The van der Waals surface area contributed by atoms with Crippen LogP contribution in [0.25, 0.3) is 0 Å². The van der Waals surface area contributed by atoms with Crippen LogP contribution in [0.5, 0.6) is 0 Å². The van der Waals surface area contributed by atoms with Crippen molar-refractivity contribution in [2.24, 2.45) is 0 Å². The SMILES string of the molecule is O=C(NCc1ccc(CCl)cc1)c1ccc(Cl)c(Cl)c1. The Morgan fingerprint density at radius 3 is 2.20 bits per heavy atom. The predicted octanol–water partition coefficient (Wildman–Crippen LogP) is 4.66. The van der Waals surface area contributed by atoms with E-state index in [9.17, 15) is 4.79 Å². The highest BCUT2D eigenvalue weighted by molar-refractivity contribution is 6.42. The number of amides is 1. The van der Waals surface area contributed by atoms with Crippen molar-refractivity contribution in [2.45, 2.75) is 12.4 Å². The van der Waals surface area contributed by atoms with E-state index in [0.717, 1.165) is 11.1 Å². The Labute approximate surface area is 132 Å². The van der Waals surface area contributed by atoms with Gasteiger partial charge >= 0.3 is 0 Å². The molecule has 0 spiro atoms. The first-order chi connectivity index (χ1) is 9.60. The second kappa shape index (κ2) is 6.98. The van der Waals surface area contributed by atoms with E-state index < -0.39 is 0 Å². The van der Waals surface area contributed by atoms with Gasteiger partial charge in [0.05, 0.1) is 10.0 Å². The first-order valence-corrected chi connectivity index (χ1v) is 7.26. The molecule has 0 aliphatic rings. The molecular formula is C15H12Cl3NO. The highest BCUT2D eigenvalue weighted by Gasteiger charge is 2.07. The number of alkyl halides is 1. The van der Waals surface area contributed by atoms with Crippen molar-refractivity contribution in [3.8, 4) is 0 Å². The molecule has 0 aromatic heterocycles. The van der Waals surface area contributed by atoms with Gasteiger partial charge in [-0.1, -0.05) is 47.5 Å². The van der Waals surface area contributed by atoms with E-state index in [2.05, 4.69) is 5.32 Å². The van der Waals surface area contributed by atoms with Crippen molar-refractivity contribution in [3.63, 3.8) is 0 Å². The molecule has 0 saturated carbocycles. The maximum absolute atomic E-state index is 12.0. The van der Waals surface area contributed by atoms with Gasteiger partial charge in [-0.3, -0.25) is 4.79 Å². The minimum Gasteiger partial charge on any atom is -0.348 e. The van der Waals surface area contributed by atoms with Crippen molar-refractivity contribution in [3.05, 3.63) is 69.2 Å². The Kier molecular flexibility index (Phi) is 5.30. The number of rotatable bonds is 4. The van der Waals surface area contributed by atoms with Crippen LogP contribution in [0.2, 0.25) is 10.0 Å². The lowest BCUT2D eigenvalue weighted by molar-refractivity contribution is 0.0951. The van der Waals surface area contributed by atoms with E-state index in [1.807, 2.05) is 24.3 Å². The van der Waals surface area contributed by atoms with Gasteiger partial charge < -0.3 is 5.32 Å². The van der Waals surface area contributed by atoms with Gasteiger partial charge in [-0.05, 0) is 29.3 Å². The number of hydrogen-bond donors (Lipinski definition) is 1. The molecule has 2 aromatic carbocycles. The Morgan fingerprint density at radius 1 is 0.950 bits per heavy atom. The third kappa shape index (κ3) is 3.89. The highest BCUT2D eigenvalue weighted by Crippen LogP contribution is 2.22. The average molecular weight is 329 g/mol. The van der Waals surface area contributed by atoms with Gasteiger partial charge in [0.1, 0.15) is 0 Å². The topological polar surface area (TPSA) is 29.1 Å². The van der Waals surface area contributed by atoms with Gasteiger partial charge in [0.15, 0.2) is 0 Å². The zero-order valence-corrected chi connectivity index (χ0v) is 12.8. The molecule has 20 heavy (non-hydrogen) atoms. The summed E-state index contributed by atoms with van der Waals surface area (Å²) in [5, 5.41) is 3.62. The fraction of sp³-hybridized carbons (Fsp3) is 0.133. The minimum atomic E-state index is -0.190. The van der Waals surface area contributed by atoms with Crippen LogP contribution in [0.1, 0.15) is 21.5 Å². The van der Waals surface area contributed by atoms with Crippen LogP contribution in [-0.4, -0.2) is 5.91 Å². The maximum Gasteiger partial charge on any atom is 0.251 e. The van der Waals surface area contributed by atoms with Crippen molar-refractivity contribution in [2.75, 3.05) is 0 Å². The first-order valence-electron chi connectivity index (χ1n) is 5.97. The molecule has 0 unspecified atom stereocenters. The molecule has 1 amide bonds. The number of halogens is 3. The minimum absolute atomic E-state index is 0.190. The van der Waals surface area contributed by atoms with E-state index in [1.165, 1.54) is 0 Å². The quantitative estimate of drug-likeness (QED) is 0.812. The normalized spacial score (nSPS) is 10.3. The fourth-order valence-electron chi connectivity index (χ4n) is 1.67. The van der Waals surface area contributed by atoms with Gasteiger partial charge in [0.25, 0.3) is 5.91 Å². The molecule has 0 atom stereocenters. The fourth-order valence-corrected chi connectivity index (χ4v) is 2.14. The molecule has 0 aliphatic carbocycles. The molecule has 2 nitrogen and oxygen atoms in total. The molecule has 0 bridgehead atoms. The lowest BCUT2D eigenvalue weighted by Crippen LogP contribution is -2.22. The molecule has 5 heteroatoms. The maximum atomic E-state index is 12.0. The van der Waals surface area contributed by atoms with Crippen LogP contribution in [0.3, 0.4) is 0 Å². The van der Waals surface area contributed by atoms with E-state index in [0.29, 0.717) is 28.0 Å². The van der Waals surface area contributed by atoms with E-state index in [4.69, 9.17) is 34.8 Å². The number of nitrogens with one attached hydrogen (secondary N) is 1. The van der Waals surface area contributed by atoms with E-state index in [1.54, 1.807) is 18.2 Å². The highest BCUT2D eigenvalue weighted by atomic mass is 35.5. The smallest absolute Gasteiger partial charge is 0.251 e. The van der Waals surface area contributed by atoms with Crippen LogP contribution >= 0.6 is 34.8 Å². The molecular weight excluding hydrogens is 317 g/mol. The Bertz CT molecular complexity index is 611. The number of benzene rings is 2. The van der Waals surface area contributed by atoms with Crippen LogP contribution in [0.15, 0.2) is 42.5 Å². The van der Waals surface area contributed by atoms with Gasteiger partial charge in [-0.25, -0.2) is 0 Å². The molecule has 104 valence electrons. The number of hydrogen-bond acceptors (Lipinski definition) is 1. The van der Waals surface area contributed by atoms with Gasteiger partial charge in [0.2, 0.25) is 0 Å². The third-order valence-electron chi connectivity index (χ3n) is 2.81. The standard InChI is InChI=1S/C15H12Cl3NO/c16-8-10-1-3-11(4-2-10)9-19-15(20)12-5-6-13(17)14(18)7-12/h1-7H,8-9H2,(H,19,20). The molecule has 1 N–H and O–H groups in total. The van der Waals surface area contributed by atoms with Gasteiger partial charge in [0, 0.05) is 18.0 Å². The lowest BCUT2D eigenvalue weighted by Gasteiger charge is -2.07. The molecule has 0 heterocycles. The molecule has 0 radical (unpaired) electrons. The predicted molar refractivity (Wildman–Crippen MR) is 83.6 cm³/mol. The van der Waals surface area contributed by atoms with Crippen molar-refractivity contribution in [1.29, 1.82) is 0 Å². The summed E-state index contributed by atoms with van der Waals surface area (Å²) in [7, 11) is 0. The Morgan fingerprint density at radius 2 is 1.60 bits per heavy atom. The first kappa shape index (κ1) is 15.2. The van der Waals surface area contributed by atoms with Crippen LogP contribution in [0, 0.1) is 0 Å². The third-order valence-corrected chi connectivity index (χ3v) is 3.86. The molecule has 2 rings (SSSR count). The summed E-state index contributed by atoms with van der Waals surface area (Å²) >= 11 is 17.4. The van der Waals surface area contributed by atoms with Crippen LogP contribution in [-0.2, 0) is 12.4 Å². The van der Waals surface area contributed by atoms with E-state index >= 15 is 0 Å². The summed E-state index contributed by atoms with van der Waals surface area (Å²) in [6, 6.07) is 12.5. The molecule has 2 aromatic rings. The average Bonchev–Trinajstić information content (AvgIpc) is 2.48. The second-order valence-corrected chi connectivity index (χ2v) is 5.34. The van der Waals surface area contributed by atoms with Gasteiger partial charge in [-0.15, -0.1) is 11.6 Å². The zero-order valence-electron chi connectivity index (χ0n) is 10.5. The van der Waals surface area contributed by atoms with Crippen LogP contribution in [0.4, 0.5) is 0 Å². The van der Waals surface area contributed by atoms with Crippen molar-refractivity contribution < 1.29 is 4.79 Å². The summed E-state index contributed by atoms with van der Waals surface area (Å²) in [4.78, 5) is 12.0. The molecule has 0 aliphatic heterocycles. The number of carbonyl (C=O) groups is 1. The summed E-state index contributed by atoms with van der Waals surface area (Å²) in [5.74, 6) is 0.292. The summed E-state index contributed by atoms with van der Waals surface area (Å²) < 4.78 is 0. The van der Waals surface area contributed by atoms with Gasteiger partial charge in [-0.2, -0.15) is 0 Å². The molecule has 0 fully saturated rings. The largest absolute Gasteiger partial charge is 0.348 e. The summed E-state index contributed by atoms with van der Waals surface area (Å²) in [5.41, 5.74) is 2.54. The zero-order chi connectivity index (χ0) is 14.5. The van der Waals surface area contributed by atoms with Crippen LogP contribution < -0.4 is 5.32 Å². The van der Waals surface area contributed by atoms with Crippen molar-refractivity contribution in [1.82, 2.24) is 5.32 Å². The summed E-state index contributed by atoms with van der Waals surface area (Å²) in [6.07, 6.45) is 0. The molecule has 0 saturated heterocycles. The number of carbonyl (C=O) groups excluding carboxylic acids is 1. The van der Waals surface area contributed by atoms with Crippen molar-refractivity contribution >= 4 is 40.7 Å². The lowest BCUT2D eigenvalue weighted by atomic mass is 10.1. The Hall–Kier alpha value is -1.22. The second-order valence-electron chi connectivity index (χ2n) is 4.26. The summed E-state index contributed by atoms with van der Waals surface area (Å²) in [6.45, 7) is 0.446.